The molecule has 0 bridgehead atoms. The zero-order valence-corrected chi connectivity index (χ0v) is 15.5. The van der Waals surface area contributed by atoms with Gasteiger partial charge in [-0.1, -0.05) is 28.1 Å². The van der Waals surface area contributed by atoms with Crippen molar-refractivity contribution in [3.63, 3.8) is 0 Å². The predicted molar refractivity (Wildman–Crippen MR) is 95.3 cm³/mol. The highest BCUT2D eigenvalue weighted by Gasteiger charge is 2.29. The molecule has 0 saturated heterocycles. The molecular weight excluding hydrogens is 378 g/mol. The third-order valence-corrected chi connectivity index (χ3v) is 5.33. The van der Waals surface area contributed by atoms with Crippen molar-refractivity contribution in [2.24, 2.45) is 0 Å². The molecule has 1 N–H and O–H groups in total. The average molecular weight is 396 g/mol. The Morgan fingerprint density at radius 1 is 1.00 bits per heavy atom. The number of benzene rings is 2. The number of halogens is 1. The van der Waals surface area contributed by atoms with Gasteiger partial charge >= 0.3 is 0 Å². The molecule has 23 heavy (non-hydrogen) atoms. The Kier molecular flexibility index (Phi) is 4.96. The van der Waals surface area contributed by atoms with E-state index in [1.165, 1.54) is 12.1 Å². The maximum absolute atomic E-state index is 12.6. The second-order valence-electron chi connectivity index (χ2n) is 5.88. The van der Waals surface area contributed by atoms with E-state index in [1.807, 2.05) is 38.1 Å². The van der Waals surface area contributed by atoms with Crippen LogP contribution in [-0.4, -0.2) is 20.6 Å². The fraction of sp³-hybridized carbons (Fsp3) is 0.235. The molecule has 6 heteroatoms. The van der Waals surface area contributed by atoms with Crippen molar-refractivity contribution < 1.29 is 13.2 Å². The third-order valence-electron chi connectivity index (χ3n) is 3.67. The Balaban J connectivity index is 2.19. The van der Waals surface area contributed by atoms with E-state index in [-0.39, 0.29) is 10.8 Å². The Bertz CT molecular complexity index is 810. The lowest BCUT2D eigenvalue weighted by atomic mass is 9.83. The van der Waals surface area contributed by atoms with Gasteiger partial charge in [0.1, 0.15) is 0 Å². The summed E-state index contributed by atoms with van der Waals surface area (Å²) in [6.45, 7) is 3.69. The summed E-state index contributed by atoms with van der Waals surface area (Å²) in [5.41, 5.74) is 0.745. The van der Waals surface area contributed by atoms with E-state index in [2.05, 4.69) is 21.2 Å². The zero-order chi connectivity index (χ0) is 17.3. The number of hydrogen-bond acceptors (Lipinski definition) is 3. The van der Waals surface area contributed by atoms with Gasteiger partial charge in [-0.2, -0.15) is 0 Å². The highest BCUT2D eigenvalue weighted by Crippen LogP contribution is 2.26. The molecule has 0 atom stereocenters. The van der Waals surface area contributed by atoms with Crippen LogP contribution in [0.15, 0.2) is 57.9 Å². The molecule has 0 unspecified atom stereocenters. The van der Waals surface area contributed by atoms with Gasteiger partial charge in [0.15, 0.2) is 9.84 Å². The Morgan fingerprint density at radius 3 is 2.00 bits per heavy atom. The summed E-state index contributed by atoms with van der Waals surface area (Å²) in [6, 6.07) is 13.7. The Hall–Kier alpha value is -1.66. The maximum atomic E-state index is 12.6. The fourth-order valence-electron chi connectivity index (χ4n) is 2.07. The van der Waals surface area contributed by atoms with Gasteiger partial charge in [-0.15, -0.1) is 0 Å². The number of carbonyl (C=O) groups is 1. The van der Waals surface area contributed by atoms with E-state index < -0.39 is 15.3 Å². The summed E-state index contributed by atoms with van der Waals surface area (Å²) >= 11 is 3.38. The van der Waals surface area contributed by atoms with Crippen molar-refractivity contribution in [2.45, 2.75) is 24.2 Å². The Morgan fingerprint density at radius 2 is 1.52 bits per heavy atom. The van der Waals surface area contributed by atoms with Gasteiger partial charge in [-0.05, 0) is 55.8 Å². The fourth-order valence-corrected chi connectivity index (χ4v) is 2.97. The van der Waals surface area contributed by atoms with Crippen LogP contribution in [0, 0.1) is 0 Å². The number of hydrogen-bond donors (Lipinski definition) is 1. The van der Waals surface area contributed by atoms with E-state index in [9.17, 15) is 13.2 Å². The molecule has 0 aliphatic rings. The number of carbonyl (C=O) groups excluding carboxylic acids is 1. The standard InChI is InChI=1S/C17H18BrNO3S/c1-17(2,12-4-6-13(18)7-5-12)16(20)19-14-8-10-15(11-9-14)23(3,21)22/h4-11H,1-3H3,(H,19,20). The van der Waals surface area contributed by atoms with Crippen LogP contribution in [0.4, 0.5) is 5.69 Å². The predicted octanol–water partition coefficient (Wildman–Crippen LogP) is 3.77. The van der Waals surface area contributed by atoms with Gasteiger partial charge in [0.25, 0.3) is 0 Å². The quantitative estimate of drug-likeness (QED) is 0.856. The van der Waals surface area contributed by atoms with Crippen LogP contribution in [0.2, 0.25) is 0 Å². The monoisotopic (exact) mass is 395 g/mol. The molecule has 0 heterocycles. The summed E-state index contributed by atoms with van der Waals surface area (Å²) < 4.78 is 23.8. The van der Waals surface area contributed by atoms with Crippen LogP contribution in [0.1, 0.15) is 19.4 Å². The van der Waals surface area contributed by atoms with Crippen LogP contribution in [0.3, 0.4) is 0 Å². The van der Waals surface area contributed by atoms with Crippen LogP contribution in [0.5, 0.6) is 0 Å². The van der Waals surface area contributed by atoms with Crippen LogP contribution >= 0.6 is 15.9 Å². The summed E-state index contributed by atoms with van der Waals surface area (Å²) in [7, 11) is -3.24. The number of amides is 1. The smallest absolute Gasteiger partial charge is 0.234 e. The van der Waals surface area contributed by atoms with E-state index in [1.54, 1.807) is 12.1 Å². The van der Waals surface area contributed by atoms with Gasteiger partial charge in [-0.3, -0.25) is 4.79 Å². The van der Waals surface area contributed by atoms with Crippen molar-refractivity contribution >= 4 is 37.4 Å². The second-order valence-corrected chi connectivity index (χ2v) is 8.81. The first-order chi connectivity index (χ1) is 10.6. The topological polar surface area (TPSA) is 63.2 Å². The first-order valence-corrected chi connectivity index (χ1v) is 9.67. The summed E-state index contributed by atoms with van der Waals surface area (Å²) in [5, 5.41) is 2.83. The molecule has 2 aromatic rings. The molecule has 0 aromatic heterocycles. The molecule has 0 saturated carbocycles. The van der Waals surface area contributed by atoms with Gasteiger partial charge in [0.2, 0.25) is 5.91 Å². The third kappa shape index (κ3) is 4.20. The lowest BCUT2D eigenvalue weighted by Crippen LogP contribution is -2.34. The van der Waals surface area contributed by atoms with Crippen molar-refractivity contribution in [1.29, 1.82) is 0 Å². The summed E-state index contributed by atoms with van der Waals surface area (Å²) in [5.74, 6) is -0.160. The Labute approximate surface area is 145 Å². The minimum absolute atomic E-state index is 0.160. The lowest BCUT2D eigenvalue weighted by Gasteiger charge is -2.24. The minimum Gasteiger partial charge on any atom is -0.325 e. The number of rotatable bonds is 4. The number of anilines is 1. The van der Waals surface area contributed by atoms with Gasteiger partial charge in [-0.25, -0.2) is 8.42 Å². The highest BCUT2D eigenvalue weighted by molar-refractivity contribution is 9.10. The van der Waals surface area contributed by atoms with Gasteiger partial charge in [0.05, 0.1) is 10.3 Å². The van der Waals surface area contributed by atoms with Crippen LogP contribution in [-0.2, 0) is 20.0 Å². The maximum Gasteiger partial charge on any atom is 0.234 e. The second kappa shape index (κ2) is 6.45. The molecule has 0 aliphatic carbocycles. The molecule has 2 rings (SSSR count). The first kappa shape index (κ1) is 17.7. The molecule has 122 valence electrons. The largest absolute Gasteiger partial charge is 0.325 e. The molecule has 0 radical (unpaired) electrons. The normalized spacial score (nSPS) is 12.0. The molecule has 4 nitrogen and oxygen atoms in total. The van der Waals surface area contributed by atoms with Crippen molar-refractivity contribution in [3.05, 3.63) is 58.6 Å². The van der Waals surface area contributed by atoms with E-state index in [4.69, 9.17) is 0 Å². The van der Waals surface area contributed by atoms with Crippen LogP contribution < -0.4 is 5.32 Å². The highest BCUT2D eigenvalue weighted by atomic mass is 79.9. The van der Waals surface area contributed by atoms with Crippen molar-refractivity contribution in [1.82, 2.24) is 0 Å². The molecule has 1 amide bonds. The summed E-state index contributed by atoms with van der Waals surface area (Å²) in [4.78, 5) is 12.8. The van der Waals surface area contributed by atoms with E-state index >= 15 is 0 Å². The van der Waals surface area contributed by atoms with E-state index in [0.29, 0.717) is 5.69 Å². The van der Waals surface area contributed by atoms with Gasteiger partial charge < -0.3 is 5.32 Å². The molecule has 2 aromatic carbocycles. The number of sulfone groups is 1. The molecule has 0 spiro atoms. The summed E-state index contributed by atoms with van der Waals surface area (Å²) in [6.07, 6.45) is 1.15. The van der Waals surface area contributed by atoms with E-state index in [0.717, 1.165) is 16.3 Å². The zero-order valence-electron chi connectivity index (χ0n) is 13.1. The molecule has 0 aliphatic heterocycles. The minimum atomic E-state index is -3.24. The van der Waals surface area contributed by atoms with Gasteiger partial charge in [0, 0.05) is 16.4 Å². The van der Waals surface area contributed by atoms with Crippen molar-refractivity contribution in [3.8, 4) is 0 Å². The average Bonchev–Trinajstić information content (AvgIpc) is 2.47. The molecule has 0 fully saturated rings. The van der Waals surface area contributed by atoms with Crippen molar-refractivity contribution in [2.75, 3.05) is 11.6 Å². The number of nitrogens with one attached hydrogen (secondary N) is 1. The van der Waals surface area contributed by atoms with Crippen LogP contribution in [0.25, 0.3) is 0 Å². The molecular formula is C17H18BrNO3S. The first-order valence-electron chi connectivity index (χ1n) is 6.98. The lowest BCUT2D eigenvalue weighted by molar-refractivity contribution is -0.120. The SMILES string of the molecule is CC(C)(C(=O)Nc1ccc(S(C)(=O)=O)cc1)c1ccc(Br)cc1.